The van der Waals surface area contributed by atoms with Crippen molar-refractivity contribution < 1.29 is 38.5 Å². The molecule has 2 aromatic rings. The SMILES string of the molecule is CC(C)(CO)C(=O)SCCOP(=O)(NCC1C=CC=CC1)OC[C@H]1O[C@@](C#N)(c2cnc3c(N)nc(N)nn23)[C@](C)(O)[C@@H]1O. The molecule has 8 N–H and O–H groups in total. The number of allylic oxidation sites excluding steroid dienone is 3. The Kier molecular flexibility index (Phi) is 10.2. The second-order valence-electron chi connectivity index (χ2n) is 11.3. The lowest BCUT2D eigenvalue weighted by Gasteiger charge is -2.32. The number of imidazole rings is 1. The fourth-order valence-corrected chi connectivity index (χ4v) is 6.97. The molecule has 44 heavy (non-hydrogen) atoms. The molecule has 2 aliphatic rings. The maximum atomic E-state index is 13.8. The zero-order valence-corrected chi connectivity index (χ0v) is 26.2. The first-order chi connectivity index (χ1) is 20.7. The van der Waals surface area contributed by atoms with Crippen LogP contribution in [0.4, 0.5) is 11.8 Å². The van der Waals surface area contributed by atoms with E-state index < -0.39 is 43.2 Å². The highest BCUT2D eigenvalue weighted by molar-refractivity contribution is 8.13. The molecule has 16 nitrogen and oxygen atoms in total. The Morgan fingerprint density at radius 2 is 2.14 bits per heavy atom. The third-order valence-electron chi connectivity index (χ3n) is 7.44. The van der Waals surface area contributed by atoms with Crippen LogP contribution in [-0.2, 0) is 28.7 Å². The van der Waals surface area contributed by atoms with Gasteiger partial charge in [-0.05, 0) is 33.1 Å². The number of nitrogens with zero attached hydrogens (tertiary/aromatic N) is 5. The lowest BCUT2D eigenvalue weighted by atomic mass is 9.80. The van der Waals surface area contributed by atoms with E-state index in [0.29, 0.717) is 6.42 Å². The molecule has 18 heteroatoms. The van der Waals surface area contributed by atoms with Gasteiger partial charge in [-0.1, -0.05) is 36.1 Å². The van der Waals surface area contributed by atoms with E-state index in [2.05, 4.69) is 20.2 Å². The van der Waals surface area contributed by atoms with Crippen LogP contribution < -0.4 is 16.6 Å². The van der Waals surface area contributed by atoms with Crippen LogP contribution in [0, 0.1) is 22.7 Å². The van der Waals surface area contributed by atoms with Crippen LogP contribution in [0.25, 0.3) is 5.65 Å². The summed E-state index contributed by atoms with van der Waals surface area (Å²) in [6, 6.07) is 1.92. The quantitative estimate of drug-likeness (QED) is 0.128. The van der Waals surface area contributed by atoms with Gasteiger partial charge in [-0.2, -0.15) is 10.2 Å². The fourth-order valence-electron chi connectivity index (χ4n) is 4.65. The van der Waals surface area contributed by atoms with Gasteiger partial charge in [-0.25, -0.2) is 19.2 Å². The van der Waals surface area contributed by atoms with Crippen LogP contribution in [0.3, 0.4) is 0 Å². The monoisotopic (exact) mass is 652 g/mol. The van der Waals surface area contributed by atoms with Gasteiger partial charge in [0.2, 0.25) is 11.5 Å². The van der Waals surface area contributed by atoms with E-state index in [0.717, 1.165) is 16.3 Å². The van der Waals surface area contributed by atoms with Crippen LogP contribution in [-0.4, -0.2) is 89.9 Å². The number of nitrogens with one attached hydrogen (secondary N) is 1. The van der Waals surface area contributed by atoms with Gasteiger partial charge in [0.05, 0.1) is 31.4 Å². The molecule has 6 atom stereocenters. The number of thioether (sulfide) groups is 1. The van der Waals surface area contributed by atoms with Crippen molar-refractivity contribution >= 4 is 42.0 Å². The van der Waals surface area contributed by atoms with Crippen LogP contribution in [0.2, 0.25) is 0 Å². The summed E-state index contributed by atoms with van der Waals surface area (Å²) in [6.45, 7) is 3.60. The number of fused-ring (bicyclic) bond motifs is 1. The molecule has 1 aliphatic heterocycles. The van der Waals surface area contributed by atoms with Crippen molar-refractivity contribution in [3.05, 3.63) is 36.2 Å². The highest BCUT2D eigenvalue weighted by Crippen LogP contribution is 2.50. The number of anilines is 2. The molecule has 0 spiro atoms. The van der Waals surface area contributed by atoms with Gasteiger partial charge in [0, 0.05) is 12.3 Å². The highest BCUT2D eigenvalue weighted by Gasteiger charge is 2.66. The standard InChI is InChI=1S/C26H37N8O8PS/c1-24(2,15-35)22(37)44-10-9-40-43(39,31-11-16-7-5-4-6-8-16)41-13-17-19(36)25(3,38)26(14-27,42-17)18-12-30-21-20(28)32-23(29)33-34(18)21/h4-7,12,16-17,19,35-36,38H,8-11,13,15H2,1-3H3,(H,31,39)(H4,28,29,32,33)/t16?,17-,19-,25-,26+,43?/m1/s1. The smallest absolute Gasteiger partial charge is 0.395 e. The van der Waals surface area contributed by atoms with Crippen LogP contribution in [0.5, 0.6) is 0 Å². The molecule has 1 saturated heterocycles. The van der Waals surface area contributed by atoms with Gasteiger partial charge in [0.1, 0.15) is 29.6 Å². The fraction of sp³-hybridized carbons (Fsp3) is 0.577. The minimum Gasteiger partial charge on any atom is -0.395 e. The third-order valence-corrected chi connectivity index (χ3v) is 10.2. The van der Waals surface area contributed by atoms with Crippen LogP contribution in [0.1, 0.15) is 32.9 Å². The van der Waals surface area contributed by atoms with E-state index in [1.807, 2.05) is 30.4 Å². The maximum Gasteiger partial charge on any atom is 0.405 e. The molecule has 240 valence electrons. The van der Waals surface area contributed by atoms with Crippen molar-refractivity contribution in [1.82, 2.24) is 24.7 Å². The maximum absolute atomic E-state index is 13.8. The van der Waals surface area contributed by atoms with Gasteiger partial charge in [-0.15, -0.1) is 5.10 Å². The minimum atomic E-state index is -4.09. The number of aliphatic hydroxyl groups is 3. The largest absolute Gasteiger partial charge is 0.405 e. The summed E-state index contributed by atoms with van der Waals surface area (Å²) < 4.78 is 32.2. The average Bonchev–Trinajstić information content (AvgIpc) is 3.50. The van der Waals surface area contributed by atoms with E-state index >= 15 is 0 Å². The molecule has 0 saturated carbocycles. The molecule has 0 radical (unpaired) electrons. The van der Waals surface area contributed by atoms with E-state index in [9.17, 15) is 29.9 Å². The summed E-state index contributed by atoms with van der Waals surface area (Å²) in [7, 11) is -4.09. The lowest BCUT2D eigenvalue weighted by Crippen LogP contribution is -2.52. The molecule has 0 amide bonds. The van der Waals surface area contributed by atoms with Crippen molar-refractivity contribution in [2.75, 3.05) is 43.6 Å². The van der Waals surface area contributed by atoms with Crippen molar-refractivity contribution in [2.24, 2.45) is 11.3 Å². The summed E-state index contributed by atoms with van der Waals surface area (Å²) in [4.78, 5) is 20.3. The minimum absolute atomic E-state index is 0.000803. The van der Waals surface area contributed by atoms with Crippen molar-refractivity contribution in [2.45, 2.75) is 50.6 Å². The molecule has 1 fully saturated rings. The number of hydrogen-bond acceptors (Lipinski definition) is 15. The van der Waals surface area contributed by atoms with Gasteiger partial charge < -0.3 is 31.5 Å². The number of carbonyl (C=O) groups is 1. The van der Waals surface area contributed by atoms with Gasteiger partial charge in [0.15, 0.2) is 16.6 Å². The highest BCUT2D eigenvalue weighted by atomic mass is 32.2. The molecule has 2 aromatic heterocycles. The summed E-state index contributed by atoms with van der Waals surface area (Å²) in [5, 5.41) is 48.9. The van der Waals surface area contributed by atoms with Gasteiger partial charge >= 0.3 is 7.75 Å². The molecule has 2 unspecified atom stereocenters. The second-order valence-corrected chi connectivity index (χ2v) is 14.1. The summed E-state index contributed by atoms with van der Waals surface area (Å²) >= 11 is 0.923. The van der Waals surface area contributed by atoms with E-state index in [1.54, 1.807) is 13.8 Å². The Labute approximate surface area is 258 Å². The zero-order valence-electron chi connectivity index (χ0n) is 24.5. The third kappa shape index (κ3) is 6.69. The number of aromatic nitrogens is 4. The molecule has 4 rings (SSSR count). The number of hydrogen-bond donors (Lipinski definition) is 6. The van der Waals surface area contributed by atoms with Gasteiger partial charge in [0.25, 0.3) is 0 Å². The van der Waals surface area contributed by atoms with E-state index in [4.69, 9.17) is 25.3 Å². The number of nitrogen functional groups attached to an aromatic ring is 2. The Morgan fingerprint density at radius 1 is 1.39 bits per heavy atom. The predicted molar refractivity (Wildman–Crippen MR) is 161 cm³/mol. The predicted octanol–water partition coefficient (Wildman–Crippen LogP) is 0.660. The van der Waals surface area contributed by atoms with Gasteiger partial charge in [-0.3, -0.25) is 13.8 Å². The summed E-state index contributed by atoms with van der Waals surface area (Å²) in [6.07, 6.45) is 6.48. The number of carbonyl (C=O) groups excluding carboxylic acids is 1. The first-order valence-corrected chi connectivity index (χ1v) is 16.2. The first kappa shape index (κ1) is 34.0. The Morgan fingerprint density at radius 3 is 2.80 bits per heavy atom. The Balaban J connectivity index is 1.52. The van der Waals surface area contributed by atoms with Crippen LogP contribution in [0.15, 0.2) is 30.5 Å². The van der Waals surface area contributed by atoms with Crippen molar-refractivity contribution in [3.63, 3.8) is 0 Å². The number of rotatable bonds is 13. The molecular formula is C26H37N8O8PS. The summed E-state index contributed by atoms with van der Waals surface area (Å²) in [5.41, 5.74) is 6.16. The summed E-state index contributed by atoms with van der Waals surface area (Å²) in [5.74, 6) is -0.186. The number of aliphatic hydroxyl groups excluding tert-OH is 2. The Bertz CT molecular complexity index is 1530. The Hall–Kier alpha value is -2.91. The van der Waals surface area contributed by atoms with Crippen molar-refractivity contribution in [3.8, 4) is 6.07 Å². The van der Waals surface area contributed by atoms with Crippen LogP contribution >= 0.6 is 19.5 Å². The average molecular weight is 653 g/mol. The molecule has 1 aliphatic carbocycles. The number of nitriles is 1. The molecule has 0 aromatic carbocycles. The molecule has 0 bridgehead atoms. The normalized spacial score (nSPS) is 28.2. The zero-order chi connectivity index (χ0) is 32.3. The van der Waals surface area contributed by atoms with Crippen molar-refractivity contribution in [1.29, 1.82) is 5.26 Å². The lowest BCUT2D eigenvalue weighted by molar-refractivity contribution is -0.119. The number of nitrogens with two attached hydrogens (primary N) is 2. The topological polar surface area (TPSA) is 253 Å². The first-order valence-electron chi connectivity index (χ1n) is 13.7. The number of ether oxygens (including phenoxy) is 1. The van der Waals surface area contributed by atoms with E-state index in [1.165, 1.54) is 13.1 Å². The second kappa shape index (κ2) is 13.2. The molecular weight excluding hydrogens is 615 g/mol. The molecule has 3 heterocycles. The van der Waals surface area contributed by atoms with E-state index in [-0.39, 0.29) is 59.7 Å².